The summed E-state index contributed by atoms with van der Waals surface area (Å²) in [5.41, 5.74) is 0.448. The van der Waals surface area contributed by atoms with Crippen molar-refractivity contribution in [3.05, 3.63) is 40.2 Å². The van der Waals surface area contributed by atoms with E-state index in [0.29, 0.717) is 35.2 Å². The zero-order chi connectivity index (χ0) is 20.7. The van der Waals surface area contributed by atoms with Crippen molar-refractivity contribution in [3.8, 4) is 39.9 Å². The summed E-state index contributed by atoms with van der Waals surface area (Å²) in [7, 11) is 4.46. The van der Waals surface area contributed by atoms with Crippen LogP contribution in [-0.2, 0) is 4.74 Å². The van der Waals surface area contributed by atoms with Crippen LogP contribution in [0.1, 0.15) is 19.0 Å². The average Bonchev–Trinajstić information content (AvgIpc) is 2.72. The fraction of sp³-hybridized carbons (Fsp3) is 0.286. The lowest BCUT2D eigenvalue weighted by Gasteiger charge is -2.27. The molecule has 3 aromatic rings. The maximum Gasteiger partial charge on any atom is 0.260 e. The number of methoxy groups -OCH3 is 3. The van der Waals surface area contributed by atoms with Gasteiger partial charge >= 0.3 is 0 Å². The summed E-state index contributed by atoms with van der Waals surface area (Å²) in [4.78, 5) is 13.4. The zero-order valence-corrected chi connectivity index (χ0v) is 16.4. The SMILES string of the molecule is CCO[C@@H]1Oc2cc(OC)c(OC)cc2-c2c1oc1cc(OC)cc(O)c1c2=O. The van der Waals surface area contributed by atoms with Crippen LogP contribution in [0.2, 0.25) is 0 Å². The molecule has 1 aromatic heterocycles. The van der Waals surface area contributed by atoms with Crippen molar-refractivity contribution in [1.82, 2.24) is 0 Å². The van der Waals surface area contributed by atoms with Crippen molar-refractivity contribution in [2.24, 2.45) is 0 Å². The Labute approximate surface area is 166 Å². The predicted molar refractivity (Wildman–Crippen MR) is 104 cm³/mol. The first-order valence-electron chi connectivity index (χ1n) is 8.94. The van der Waals surface area contributed by atoms with Gasteiger partial charge < -0.3 is 33.2 Å². The molecule has 2 heterocycles. The molecule has 0 bridgehead atoms. The molecule has 2 aromatic carbocycles. The molecule has 0 radical (unpaired) electrons. The summed E-state index contributed by atoms with van der Waals surface area (Å²) >= 11 is 0. The van der Waals surface area contributed by atoms with Gasteiger partial charge in [-0.15, -0.1) is 0 Å². The number of benzene rings is 2. The van der Waals surface area contributed by atoms with E-state index in [9.17, 15) is 9.90 Å². The van der Waals surface area contributed by atoms with E-state index in [4.69, 9.17) is 28.1 Å². The first-order chi connectivity index (χ1) is 14.0. The molecule has 0 spiro atoms. The van der Waals surface area contributed by atoms with Gasteiger partial charge in [0.05, 0.1) is 26.9 Å². The number of hydrogen-bond donors (Lipinski definition) is 1. The maximum atomic E-state index is 13.4. The zero-order valence-electron chi connectivity index (χ0n) is 16.4. The molecular weight excluding hydrogens is 380 g/mol. The third kappa shape index (κ3) is 2.92. The second kappa shape index (κ2) is 7.21. The van der Waals surface area contributed by atoms with Crippen molar-refractivity contribution >= 4 is 11.0 Å². The van der Waals surface area contributed by atoms with Crippen LogP contribution in [0.3, 0.4) is 0 Å². The topological polar surface area (TPSA) is 96.6 Å². The third-order valence-corrected chi connectivity index (χ3v) is 4.73. The Balaban J connectivity index is 2.08. The standard InChI is InChI=1S/C21H20O8/c1-5-27-21-20-17(11-8-14(25-3)15(26-4)9-13(11)29-21)19(23)18-12(22)6-10(24-2)7-16(18)28-20/h6-9,21-22H,5H2,1-4H3/t21-/m1/s1. The molecule has 29 heavy (non-hydrogen) atoms. The van der Waals surface area contributed by atoms with Crippen LogP contribution < -0.4 is 24.4 Å². The molecule has 8 heteroatoms. The van der Waals surface area contributed by atoms with Gasteiger partial charge in [-0.2, -0.15) is 0 Å². The number of phenols is 1. The lowest BCUT2D eigenvalue weighted by Crippen LogP contribution is -2.22. The van der Waals surface area contributed by atoms with Gasteiger partial charge in [-0.1, -0.05) is 0 Å². The smallest absolute Gasteiger partial charge is 0.260 e. The Bertz CT molecular complexity index is 1150. The van der Waals surface area contributed by atoms with Gasteiger partial charge in [0.2, 0.25) is 5.43 Å². The van der Waals surface area contributed by atoms with Crippen molar-refractivity contribution in [2.45, 2.75) is 13.2 Å². The Kier molecular flexibility index (Phi) is 4.71. The predicted octanol–water partition coefficient (Wildman–Crippen LogP) is 3.62. The number of phenolic OH excluding ortho intramolecular Hbond substituents is 1. The Morgan fingerprint density at radius 2 is 1.76 bits per heavy atom. The number of rotatable bonds is 5. The van der Waals surface area contributed by atoms with E-state index in [-0.39, 0.29) is 28.0 Å². The Hall–Kier alpha value is -3.39. The van der Waals surface area contributed by atoms with Crippen LogP contribution in [0.15, 0.2) is 33.5 Å². The minimum atomic E-state index is -0.939. The molecule has 1 aliphatic rings. The quantitative estimate of drug-likeness (QED) is 0.694. The average molecular weight is 400 g/mol. The number of aromatic hydroxyl groups is 1. The highest BCUT2D eigenvalue weighted by Gasteiger charge is 2.34. The van der Waals surface area contributed by atoms with Crippen LogP contribution in [0, 0.1) is 0 Å². The maximum absolute atomic E-state index is 13.4. The van der Waals surface area contributed by atoms with Gasteiger partial charge in [0, 0.05) is 30.4 Å². The first-order valence-corrected chi connectivity index (χ1v) is 8.94. The molecule has 1 N–H and O–H groups in total. The molecule has 0 amide bonds. The summed E-state index contributed by atoms with van der Waals surface area (Å²) in [6.45, 7) is 2.14. The number of ether oxygens (including phenoxy) is 5. The minimum absolute atomic E-state index is 0.0439. The van der Waals surface area contributed by atoms with Gasteiger partial charge in [-0.25, -0.2) is 0 Å². The summed E-state index contributed by atoms with van der Waals surface area (Å²) in [6.07, 6.45) is -0.939. The van der Waals surface area contributed by atoms with E-state index >= 15 is 0 Å². The molecule has 0 saturated carbocycles. The fourth-order valence-corrected chi connectivity index (χ4v) is 3.41. The van der Waals surface area contributed by atoms with Crippen LogP contribution in [0.5, 0.6) is 28.7 Å². The van der Waals surface area contributed by atoms with E-state index in [0.717, 1.165) is 0 Å². The summed E-state index contributed by atoms with van der Waals surface area (Å²) in [5.74, 6) is 1.58. The Morgan fingerprint density at radius 1 is 1.03 bits per heavy atom. The molecule has 0 aliphatic carbocycles. The molecular formula is C21H20O8. The highest BCUT2D eigenvalue weighted by atomic mass is 16.7. The molecule has 152 valence electrons. The highest BCUT2D eigenvalue weighted by molar-refractivity contribution is 5.90. The summed E-state index contributed by atoms with van der Waals surface area (Å²) in [5, 5.41) is 10.5. The molecule has 1 aliphatic heterocycles. The first kappa shape index (κ1) is 18.9. The van der Waals surface area contributed by atoms with Crippen molar-refractivity contribution in [3.63, 3.8) is 0 Å². The van der Waals surface area contributed by atoms with Crippen LogP contribution in [0.25, 0.3) is 22.1 Å². The van der Waals surface area contributed by atoms with E-state index < -0.39 is 11.7 Å². The second-order valence-corrected chi connectivity index (χ2v) is 6.30. The molecule has 8 nitrogen and oxygen atoms in total. The largest absolute Gasteiger partial charge is 0.507 e. The minimum Gasteiger partial charge on any atom is -0.507 e. The van der Waals surface area contributed by atoms with Crippen LogP contribution in [-0.4, -0.2) is 33.0 Å². The molecule has 4 rings (SSSR count). The molecule has 0 saturated heterocycles. The van der Waals surface area contributed by atoms with E-state index in [1.807, 2.05) is 0 Å². The van der Waals surface area contributed by atoms with E-state index in [2.05, 4.69) is 0 Å². The summed E-state index contributed by atoms with van der Waals surface area (Å²) < 4.78 is 33.4. The lowest BCUT2D eigenvalue weighted by molar-refractivity contribution is -0.0926. The fourth-order valence-electron chi connectivity index (χ4n) is 3.41. The van der Waals surface area contributed by atoms with Gasteiger partial charge in [0.15, 0.2) is 17.3 Å². The van der Waals surface area contributed by atoms with Gasteiger partial charge in [0.25, 0.3) is 6.29 Å². The van der Waals surface area contributed by atoms with Crippen LogP contribution in [0.4, 0.5) is 0 Å². The summed E-state index contributed by atoms with van der Waals surface area (Å²) in [6, 6.07) is 6.16. The second-order valence-electron chi connectivity index (χ2n) is 6.30. The van der Waals surface area contributed by atoms with Gasteiger partial charge in [-0.05, 0) is 13.0 Å². The van der Waals surface area contributed by atoms with Crippen molar-refractivity contribution < 1.29 is 33.2 Å². The van der Waals surface area contributed by atoms with Crippen molar-refractivity contribution in [1.29, 1.82) is 0 Å². The normalized spacial score (nSPS) is 14.7. The highest BCUT2D eigenvalue weighted by Crippen LogP contribution is 2.47. The van der Waals surface area contributed by atoms with Crippen molar-refractivity contribution in [2.75, 3.05) is 27.9 Å². The lowest BCUT2D eigenvalue weighted by atomic mass is 9.97. The third-order valence-electron chi connectivity index (χ3n) is 4.73. The van der Waals surface area contributed by atoms with Gasteiger partial charge in [0.1, 0.15) is 28.2 Å². The van der Waals surface area contributed by atoms with Crippen LogP contribution >= 0.6 is 0 Å². The molecule has 0 unspecified atom stereocenters. The molecule has 0 fully saturated rings. The van der Waals surface area contributed by atoms with E-state index in [1.165, 1.54) is 33.5 Å². The van der Waals surface area contributed by atoms with E-state index in [1.54, 1.807) is 19.1 Å². The Morgan fingerprint density at radius 3 is 2.41 bits per heavy atom. The monoisotopic (exact) mass is 400 g/mol. The molecule has 1 atom stereocenters. The van der Waals surface area contributed by atoms with Gasteiger partial charge in [-0.3, -0.25) is 4.79 Å². The number of fused-ring (bicyclic) bond motifs is 4. The number of hydrogen-bond acceptors (Lipinski definition) is 8.